The second-order valence-corrected chi connectivity index (χ2v) is 4.74. The Morgan fingerprint density at radius 1 is 1.36 bits per heavy atom. The molecule has 0 aliphatic carbocycles. The van der Waals surface area contributed by atoms with Gasteiger partial charge < -0.3 is 14.4 Å². The second-order valence-electron chi connectivity index (χ2n) is 4.74. The first kappa shape index (κ1) is 16.3. The van der Waals surface area contributed by atoms with Gasteiger partial charge in [0.25, 0.3) is 5.91 Å². The number of ether oxygens (including phenoxy) is 2. The van der Waals surface area contributed by atoms with Crippen LogP contribution in [-0.2, 0) is 25.7 Å². The highest BCUT2D eigenvalue weighted by atomic mass is 16.7. The van der Waals surface area contributed by atoms with Crippen molar-refractivity contribution in [3.05, 3.63) is 35.9 Å². The summed E-state index contributed by atoms with van der Waals surface area (Å²) < 4.78 is 10.6. The molecule has 7 heteroatoms. The van der Waals surface area contributed by atoms with Crippen LogP contribution in [0.25, 0.3) is 0 Å². The first-order valence-electron chi connectivity index (χ1n) is 7.19. The minimum atomic E-state index is -0.746. The summed E-state index contributed by atoms with van der Waals surface area (Å²) in [6, 6.07) is 9.42. The fraction of sp³-hybridized carbons (Fsp3) is 0.467. The van der Waals surface area contributed by atoms with Gasteiger partial charge in [-0.15, -0.1) is 0 Å². The number of rotatable bonds is 5. The average Bonchev–Trinajstić information content (AvgIpc) is 2.58. The monoisotopic (exact) mass is 308 g/mol. The van der Waals surface area contributed by atoms with Gasteiger partial charge in [0.2, 0.25) is 0 Å². The summed E-state index contributed by atoms with van der Waals surface area (Å²) in [5, 5.41) is 0. The first-order chi connectivity index (χ1) is 10.7. The fourth-order valence-electron chi connectivity index (χ4n) is 1.99. The molecule has 0 bridgehead atoms. The molecule has 1 N–H and O–H groups in total. The maximum Gasteiger partial charge on any atom is 0.410 e. The van der Waals surface area contributed by atoms with E-state index in [1.54, 1.807) is 6.92 Å². The van der Waals surface area contributed by atoms with Gasteiger partial charge in [-0.2, -0.15) is 0 Å². The van der Waals surface area contributed by atoms with Crippen molar-refractivity contribution in [2.45, 2.75) is 19.6 Å². The summed E-state index contributed by atoms with van der Waals surface area (Å²) in [6.07, 6.45) is -1.20. The fourth-order valence-corrected chi connectivity index (χ4v) is 1.99. The molecule has 1 aliphatic rings. The Kier molecular flexibility index (Phi) is 6.17. The standard InChI is InChI=1S/C15H20N2O5/c1-2-22-16-14(18)13-10-17(8-9-20-13)15(19)21-11-12-6-4-3-5-7-12/h3-7,13H,2,8-11H2,1H3,(H,16,18). The molecule has 1 saturated heterocycles. The summed E-state index contributed by atoms with van der Waals surface area (Å²) in [5.41, 5.74) is 3.19. The SMILES string of the molecule is CCONC(=O)C1CN(C(=O)OCc2ccccc2)CCO1. The van der Waals surface area contributed by atoms with Crippen LogP contribution in [0.5, 0.6) is 0 Å². The van der Waals surface area contributed by atoms with E-state index in [1.807, 2.05) is 30.3 Å². The third-order valence-electron chi connectivity index (χ3n) is 3.14. The van der Waals surface area contributed by atoms with Crippen LogP contribution < -0.4 is 5.48 Å². The number of hydrogen-bond acceptors (Lipinski definition) is 5. The quantitative estimate of drug-likeness (QED) is 0.824. The van der Waals surface area contributed by atoms with Crippen molar-refractivity contribution in [3.63, 3.8) is 0 Å². The number of hydroxylamine groups is 1. The number of carbonyl (C=O) groups is 2. The van der Waals surface area contributed by atoms with Gasteiger partial charge in [0.1, 0.15) is 6.61 Å². The van der Waals surface area contributed by atoms with Crippen LogP contribution in [0.2, 0.25) is 0 Å². The third kappa shape index (κ3) is 4.71. The summed E-state index contributed by atoms with van der Waals surface area (Å²) in [6.45, 7) is 3.15. The minimum Gasteiger partial charge on any atom is -0.445 e. The van der Waals surface area contributed by atoms with Gasteiger partial charge in [-0.25, -0.2) is 10.3 Å². The zero-order chi connectivity index (χ0) is 15.8. The number of hydrogen-bond donors (Lipinski definition) is 1. The summed E-state index contributed by atoms with van der Waals surface area (Å²) in [5.74, 6) is -0.401. The van der Waals surface area contributed by atoms with E-state index in [1.165, 1.54) is 4.90 Å². The minimum absolute atomic E-state index is 0.145. The number of nitrogens with one attached hydrogen (secondary N) is 1. The molecule has 1 aromatic rings. The zero-order valence-corrected chi connectivity index (χ0v) is 12.5. The van der Waals surface area contributed by atoms with E-state index in [-0.39, 0.29) is 19.8 Å². The normalized spacial score (nSPS) is 17.9. The van der Waals surface area contributed by atoms with E-state index < -0.39 is 18.1 Å². The summed E-state index contributed by atoms with van der Waals surface area (Å²) >= 11 is 0. The van der Waals surface area contributed by atoms with Crippen molar-refractivity contribution in [2.75, 3.05) is 26.3 Å². The Hall–Kier alpha value is -2.12. The lowest BCUT2D eigenvalue weighted by Gasteiger charge is -2.31. The number of morpholine rings is 1. The van der Waals surface area contributed by atoms with Crippen molar-refractivity contribution in [1.82, 2.24) is 10.4 Å². The lowest BCUT2D eigenvalue weighted by molar-refractivity contribution is -0.150. The van der Waals surface area contributed by atoms with Crippen LogP contribution in [-0.4, -0.2) is 49.3 Å². The number of carbonyl (C=O) groups excluding carboxylic acids is 2. The van der Waals surface area contributed by atoms with Crippen molar-refractivity contribution in [2.24, 2.45) is 0 Å². The maximum absolute atomic E-state index is 12.0. The predicted octanol–water partition coefficient (Wildman–Crippen LogP) is 1.09. The van der Waals surface area contributed by atoms with Crippen molar-refractivity contribution in [1.29, 1.82) is 0 Å². The van der Waals surface area contributed by atoms with Crippen molar-refractivity contribution in [3.8, 4) is 0 Å². The molecule has 1 aliphatic heterocycles. The Morgan fingerprint density at radius 3 is 2.86 bits per heavy atom. The Morgan fingerprint density at radius 2 is 2.14 bits per heavy atom. The van der Waals surface area contributed by atoms with E-state index in [0.717, 1.165) is 5.56 Å². The van der Waals surface area contributed by atoms with Crippen LogP contribution in [0.4, 0.5) is 4.79 Å². The van der Waals surface area contributed by atoms with E-state index >= 15 is 0 Å². The van der Waals surface area contributed by atoms with Crippen molar-refractivity contribution >= 4 is 12.0 Å². The smallest absolute Gasteiger partial charge is 0.410 e. The first-order valence-corrected chi connectivity index (χ1v) is 7.19. The van der Waals surface area contributed by atoms with Crippen LogP contribution in [0.1, 0.15) is 12.5 Å². The zero-order valence-electron chi connectivity index (χ0n) is 12.5. The van der Waals surface area contributed by atoms with Crippen molar-refractivity contribution < 1.29 is 23.9 Å². The van der Waals surface area contributed by atoms with Crippen LogP contribution in [0.3, 0.4) is 0 Å². The van der Waals surface area contributed by atoms with Crippen LogP contribution >= 0.6 is 0 Å². The van der Waals surface area contributed by atoms with E-state index in [0.29, 0.717) is 13.2 Å². The molecular weight excluding hydrogens is 288 g/mol. The average molecular weight is 308 g/mol. The van der Waals surface area contributed by atoms with Gasteiger partial charge in [-0.1, -0.05) is 30.3 Å². The van der Waals surface area contributed by atoms with Gasteiger partial charge in [-0.3, -0.25) is 9.63 Å². The van der Waals surface area contributed by atoms with Crippen LogP contribution in [0.15, 0.2) is 30.3 Å². The molecule has 0 spiro atoms. The molecule has 1 unspecified atom stereocenters. The Bertz CT molecular complexity index is 494. The largest absolute Gasteiger partial charge is 0.445 e. The second kappa shape index (κ2) is 8.35. The molecule has 2 amide bonds. The number of amides is 2. The molecule has 0 aromatic heterocycles. The molecule has 1 atom stereocenters. The molecule has 1 fully saturated rings. The predicted molar refractivity (Wildman–Crippen MR) is 77.7 cm³/mol. The van der Waals surface area contributed by atoms with E-state index in [9.17, 15) is 9.59 Å². The highest BCUT2D eigenvalue weighted by Gasteiger charge is 2.30. The maximum atomic E-state index is 12.0. The molecular formula is C15H20N2O5. The molecule has 0 radical (unpaired) electrons. The highest BCUT2D eigenvalue weighted by Crippen LogP contribution is 2.09. The molecule has 7 nitrogen and oxygen atoms in total. The topological polar surface area (TPSA) is 77.1 Å². The lowest BCUT2D eigenvalue weighted by Crippen LogP contribution is -2.51. The van der Waals surface area contributed by atoms with Crippen LogP contribution in [0, 0.1) is 0 Å². The van der Waals surface area contributed by atoms with Gasteiger partial charge >= 0.3 is 6.09 Å². The molecule has 0 saturated carbocycles. The molecule has 1 aromatic carbocycles. The van der Waals surface area contributed by atoms with Gasteiger partial charge in [0.15, 0.2) is 6.10 Å². The molecule has 22 heavy (non-hydrogen) atoms. The van der Waals surface area contributed by atoms with E-state index in [4.69, 9.17) is 14.3 Å². The third-order valence-corrected chi connectivity index (χ3v) is 3.14. The number of benzene rings is 1. The van der Waals surface area contributed by atoms with E-state index in [2.05, 4.69) is 5.48 Å². The molecule has 2 rings (SSSR count). The number of nitrogens with zero attached hydrogens (tertiary/aromatic N) is 1. The highest BCUT2D eigenvalue weighted by molar-refractivity contribution is 5.81. The lowest BCUT2D eigenvalue weighted by atomic mass is 10.2. The molecule has 1 heterocycles. The van der Waals surface area contributed by atoms with Gasteiger partial charge in [0.05, 0.1) is 19.8 Å². The summed E-state index contributed by atoms with van der Waals surface area (Å²) in [4.78, 5) is 30.1. The Balaban J connectivity index is 1.81. The molecule has 120 valence electrons. The summed E-state index contributed by atoms with van der Waals surface area (Å²) in [7, 11) is 0. The van der Waals surface area contributed by atoms with Gasteiger partial charge in [-0.05, 0) is 12.5 Å². The van der Waals surface area contributed by atoms with Gasteiger partial charge in [0, 0.05) is 6.54 Å². The Labute approximate surface area is 129 Å².